The third kappa shape index (κ3) is 5.84. The topological polar surface area (TPSA) is 145 Å². The number of H-pyrrole nitrogens is 1. The molecule has 2 aromatic heterocycles. The Bertz CT molecular complexity index is 1780. The van der Waals surface area contributed by atoms with Crippen molar-refractivity contribution in [3.8, 4) is 17.6 Å². The number of hydrogen-bond acceptors (Lipinski definition) is 7. The highest BCUT2D eigenvalue weighted by atomic mass is 32.1. The molecule has 0 unspecified atom stereocenters. The van der Waals surface area contributed by atoms with Gasteiger partial charge in [-0.3, -0.25) is 9.59 Å². The summed E-state index contributed by atoms with van der Waals surface area (Å²) in [5.74, 6) is 5.63. The Morgan fingerprint density at radius 3 is 2.77 bits per heavy atom. The molecule has 0 spiro atoms. The number of amides is 2. The Labute approximate surface area is 227 Å². The van der Waals surface area contributed by atoms with E-state index in [4.69, 9.17) is 5.73 Å². The molecule has 194 valence electrons. The summed E-state index contributed by atoms with van der Waals surface area (Å²) in [6.45, 7) is 4.12. The SMILES string of the molecule is C=CC(=O)Nc1ccc(CNC(=O)c2cc3cccc(NCC#Cc4cc(O)c5nc(N)sc5c4)c3[nH]2)cc1. The molecule has 0 aliphatic rings. The van der Waals surface area contributed by atoms with E-state index in [1.165, 1.54) is 17.4 Å². The fraction of sp³-hybridized carbons (Fsp3) is 0.0690. The molecule has 0 aliphatic heterocycles. The number of hydrogen-bond donors (Lipinski definition) is 6. The molecule has 39 heavy (non-hydrogen) atoms. The summed E-state index contributed by atoms with van der Waals surface area (Å²) in [4.78, 5) is 31.5. The number of phenolic OH excluding ortho intramolecular Hbond substituents is 1. The zero-order valence-corrected chi connectivity index (χ0v) is 21.5. The fourth-order valence-corrected chi connectivity index (χ4v) is 4.78. The number of para-hydroxylation sites is 1. The average molecular weight is 537 g/mol. The van der Waals surface area contributed by atoms with Gasteiger partial charge in [-0.05, 0) is 48.0 Å². The van der Waals surface area contributed by atoms with Gasteiger partial charge in [-0.1, -0.05) is 54.0 Å². The van der Waals surface area contributed by atoms with Gasteiger partial charge in [0.1, 0.15) is 17.0 Å². The van der Waals surface area contributed by atoms with Crippen LogP contribution in [0, 0.1) is 11.8 Å². The number of aromatic nitrogens is 2. The first kappa shape index (κ1) is 25.4. The number of fused-ring (bicyclic) bond motifs is 2. The molecular formula is C29H24N6O3S. The number of nitrogens with zero attached hydrogens (tertiary/aromatic N) is 1. The van der Waals surface area contributed by atoms with Crippen LogP contribution < -0.4 is 21.7 Å². The maximum atomic E-state index is 12.8. The maximum absolute atomic E-state index is 12.8. The Morgan fingerprint density at radius 1 is 1.15 bits per heavy atom. The van der Waals surface area contributed by atoms with Crippen molar-refractivity contribution in [3.05, 3.63) is 90.1 Å². The van der Waals surface area contributed by atoms with Gasteiger partial charge in [-0.2, -0.15) is 0 Å². The lowest BCUT2D eigenvalue weighted by Gasteiger charge is -2.06. The summed E-state index contributed by atoms with van der Waals surface area (Å²) < 4.78 is 0.778. The van der Waals surface area contributed by atoms with Crippen LogP contribution in [0.4, 0.5) is 16.5 Å². The second-order valence-corrected chi connectivity index (χ2v) is 9.64. The lowest BCUT2D eigenvalue weighted by Crippen LogP contribution is -2.23. The summed E-state index contributed by atoms with van der Waals surface area (Å²) in [6.07, 6.45) is 1.21. The van der Waals surface area contributed by atoms with Crippen LogP contribution in [0.2, 0.25) is 0 Å². The molecule has 0 bridgehead atoms. The van der Waals surface area contributed by atoms with E-state index in [2.05, 4.69) is 44.3 Å². The molecule has 2 amide bonds. The van der Waals surface area contributed by atoms with Crippen LogP contribution in [0.15, 0.2) is 73.3 Å². The predicted octanol–water partition coefficient (Wildman–Crippen LogP) is 4.58. The molecule has 0 aliphatic carbocycles. The van der Waals surface area contributed by atoms with Crippen molar-refractivity contribution in [2.75, 3.05) is 22.9 Å². The van der Waals surface area contributed by atoms with Crippen molar-refractivity contribution in [2.24, 2.45) is 0 Å². The summed E-state index contributed by atoms with van der Waals surface area (Å²) in [5.41, 5.74) is 10.5. The summed E-state index contributed by atoms with van der Waals surface area (Å²) in [7, 11) is 0. The van der Waals surface area contributed by atoms with Gasteiger partial charge in [-0.15, -0.1) is 0 Å². The summed E-state index contributed by atoms with van der Waals surface area (Å²) in [6, 6.07) is 18.2. The normalized spacial score (nSPS) is 10.6. The lowest BCUT2D eigenvalue weighted by molar-refractivity contribution is -0.111. The van der Waals surface area contributed by atoms with E-state index in [1.807, 2.05) is 36.4 Å². The number of nitrogens with one attached hydrogen (secondary N) is 4. The predicted molar refractivity (Wildman–Crippen MR) is 156 cm³/mol. The van der Waals surface area contributed by atoms with Crippen LogP contribution in [-0.4, -0.2) is 33.4 Å². The highest BCUT2D eigenvalue weighted by Gasteiger charge is 2.12. The van der Waals surface area contributed by atoms with Crippen LogP contribution in [0.25, 0.3) is 21.1 Å². The molecular weight excluding hydrogens is 512 g/mol. The average Bonchev–Trinajstić information content (AvgIpc) is 3.54. The van der Waals surface area contributed by atoms with Gasteiger partial charge in [0, 0.05) is 23.2 Å². The molecule has 0 saturated carbocycles. The Morgan fingerprint density at radius 2 is 1.97 bits per heavy atom. The first-order chi connectivity index (χ1) is 18.9. The van der Waals surface area contributed by atoms with Gasteiger partial charge < -0.3 is 31.8 Å². The molecule has 7 N–H and O–H groups in total. The minimum atomic E-state index is -0.282. The minimum absolute atomic E-state index is 0.0497. The van der Waals surface area contributed by atoms with Crippen LogP contribution in [0.5, 0.6) is 5.75 Å². The highest BCUT2D eigenvalue weighted by molar-refractivity contribution is 7.22. The lowest BCUT2D eigenvalue weighted by atomic mass is 10.2. The molecule has 0 atom stereocenters. The Hall–Kier alpha value is -5.27. The Balaban J connectivity index is 1.22. The van der Waals surface area contributed by atoms with Gasteiger partial charge in [0.05, 0.1) is 22.4 Å². The number of aromatic hydroxyl groups is 1. The van der Waals surface area contributed by atoms with E-state index in [9.17, 15) is 14.7 Å². The molecule has 0 fully saturated rings. The smallest absolute Gasteiger partial charge is 0.267 e. The second-order valence-electron chi connectivity index (χ2n) is 8.58. The maximum Gasteiger partial charge on any atom is 0.267 e. The zero-order valence-electron chi connectivity index (χ0n) is 20.7. The number of benzene rings is 3. The third-order valence-corrected chi connectivity index (χ3v) is 6.68. The van der Waals surface area contributed by atoms with E-state index in [1.54, 1.807) is 24.3 Å². The van der Waals surface area contributed by atoms with Gasteiger partial charge in [0.25, 0.3) is 5.91 Å². The molecule has 0 saturated heterocycles. The number of carbonyl (C=O) groups is 2. The van der Waals surface area contributed by atoms with E-state index in [0.717, 1.165) is 26.9 Å². The van der Waals surface area contributed by atoms with E-state index in [-0.39, 0.29) is 17.6 Å². The van der Waals surface area contributed by atoms with Gasteiger partial charge in [0.15, 0.2) is 5.13 Å². The highest BCUT2D eigenvalue weighted by Crippen LogP contribution is 2.31. The summed E-state index contributed by atoms with van der Waals surface area (Å²) in [5, 5.41) is 20.3. The van der Waals surface area contributed by atoms with Crippen molar-refractivity contribution >= 4 is 60.8 Å². The Kier molecular flexibility index (Phi) is 7.16. The van der Waals surface area contributed by atoms with Crippen LogP contribution >= 0.6 is 11.3 Å². The van der Waals surface area contributed by atoms with Gasteiger partial charge >= 0.3 is 0 Å². The summed E-state index contributed by atoms with van der Waals surface area (Å²) >= 11 is 1.30. The third-order valence-electron chi connectivity index (χ3n) is 5.85. The molecule has 0 radical (unpaired) electrons. The first-order valence-electron chi connectivity index (χ1n) is 11.9. The number of nitrogen functional groups attached to an aromatic ring is 1. The van der Waals surface area contributed by atoms with Gasteiger partial charge in [-0.25, -0.2) is 4.98 Å². The van der Waals surface area contributed by atoms with E-state index in [0.29, 0.717) is 40.7 Å². The molecule has 3 aromatic carbocycles. The van der Waals surface area contributed by atoms with Crippen molar-refractivity contribution in [1.82, 2.24) is 15.3 Å². The van der Waals surface area contributed by atoms with Crippen LogP contribution in [-0.2, 0) is 11.3 Å². The number of carbonyl (C=O) groups excluding carboxylic acids is 2. The van der Waals surface area contributed by atoms with Crippen LogP contribution in [0.3, 0.4) is 0 Å². The molecule has 9 nitrogen and oxygen atoms in total. The van der Waals surface area contributed by atoms with Crippen molar-refractivity contribution in [1.29, 1.82) is 0 Å². The van der Waals surface area contributed by atoms with E-state index < -0.39 is 0 Å². The minimum Gasteiger partial charge on any atom is -0.506 e. The van der Waals surface area contributed by atoms with E-state index >= 15 is 0 Å². The molecule has 5 aromatic rings. The number of nitrogens with two attached hydrogens (primary N) is 1. The van der Waals surface area contributed by atoms with Crippen molar-refractivity contribution in [2.45, 2.75) is 6.54 Å². The second kappa shape index (κ2) is 11.0. The number of phenols is 1. The standard InChI is InChI=1S/C29H24N6O3S/c1-2-25(37)33-20-10-8-17(9-11-20)16-32-28(38)22-15-19-6-3-7-21(26(19)34-22)31-12-4-5-18-13-23(36)27-24(14-18)39-29(30)35-27/h2-3,6-11,13-15,31,34,36H,1,12,16H2,(H2,30,35)(H,32,38)(H,33,37). The monoisotopic (exact) mass is 536 g/mol. The molecule has 5 rings (SSSR count). The largest absolute Gasteiger partial charge is 0.506 e. The molecule has 10 heteroatoms. The molecule has 2 heterocycles. The number of rotatable bonds is 7. The number of aromatic amines is 1. The quantitative estimate of drug-likeness (QED) is 0.133. The number of anilines is 3. The number of thiazole rings is 1. The first-order valence-corrected chi connectivity index (χ1v) is 12.8. The zero-order chi connectivity index (χ0) is 27.4. The van der Waals surface area contributed by atoms with Crippen molar-refractivity contribution < 1.29 is 14.7 Å². The fourth-order valence-electron chi connectivity index (χ4n) is 3.99. The van der Waals surface area contributed by atoms with Crippen molar-refractivity contribution in [3.63, 3.8) is 0 Å². The van der Waals surface area contributed by atoms with Crippen LogP contribution in [0.1, 0.15) is 21.6 Å². The van der Waals surface area contributed by atoms with Gasteiger partial charge in [0.2, 0.25) is 5.91 Å².